The molecule has 0 aromatic heterocycles. The third-order valence-electron chi connectivity index (χ3n) is 3.72. The Morgan fingerprint density at radius 3 is 2.52 bits per heavy atom. The van der Waals surface area contributed by atoms with Crippen molar-refractivity contribution in [1.29, 1.82) is 0 Å². The van der Waals surface area contributed by atoms with Gasteiger partial charge in [0.1, 0.15) is 5.75 Å². The number of benzene rings is 2. The summed E-state index contributed by atoms with van der Waals surface area (Å²) in [5.41, 5.74) is 3.52. The number of hydrogen-bond acceptors (Lipinski definition) is 2. The van der Waals surface area contributed by atoms with Gasteiger partial charge in [-0.1, -0.05) is 41.4 Å². The van der Waals surface area contributed by atoms with E-state index in [1.54, 1.807) is 13.2 Å². The second-order valence-corrected chi connectivity index (χ2v) is 6.47. The van der Waals surface area contributed by atoms with E-state index in [0.29, 0.717) is 11.3 Å². The van der Waals surface area contributed by atoms with E-state index >= 15 is 0 Å². The van der Waals surface area contributed by atoms with Crippen LogP contribution in [0.25, 0.3) is 0 Å². The summed E-state index contributed by atoms with van der Waals surface area (Å²) in [6.45, 7) is 4.10. The first-order valence-electron chi connectivity index (χ1n) is 7.79. The van der Waals surface area contributed by atoms with Crippen molar-refractivity contribution < 1.29 is 9.53 Å². The first-order valence-corrected chi connectivity index (χ1v) is 8.59. The number of ether oxygens (including phenoxy) is 1. The summed E-state index contributed by atoms with van der Waals surface area (Å²) in [5.74, 6) is 0.429. The van der Waals surface area contributed by atoms with E-state index in [1.807, 2.05) is 25.1 Å². The minimum Gasteiger partial charge on any atom is -0.496 e. The van der Waals surface area contributed by atoms with Gasteiger partial charge in [-0.15, -0.1) is 0 Å². The Morgan fingerprint density at radius 2 is 1.91 bits per heavy atom. The van der Waals surface area contributed by atoms with Crippen molar-refractivity contribution in [3.8, 4) is 5.75 Å². The van der Waals surface area contributed by atoms with Crippen LogP contribution in [-0.2, 0) is 6.42 Å². The molecule has 0 aliphatic rings. The molecule has 0 fully saturated rings. The summed E-state index contributed by atoms with van der Waals surface area (Å²) >= 11 is 3.43. The van der Waals surface area contributed by atoms with Gasteiger partial charge in [-0.2, -0.15) is 0 Å². The molecule has 2 aromatic carbocycles. The fourth-order valence-electron chi connectivity index (χ4n) is 2.50. The van der Waals surface area contributed by atoms with Crippen LogP contribution in [0.2, 0.25) is 0 Å². The van der Waals surface area contributed by atoms with E-state index in [1.165, 1.54) is 18.4 Å². The molecule has 0 bridgehead atoms. The highest BCUT2D eigenvalue weighted by atomic mass is 79.9. The van der Waals surface area contributed by atoms with Crippen LogP contribution in [0.1, 0.15) is 41.3 Å². The maximum Gasteiger partial charge on any atom is 0.259 e. The lowest BCUT2D eigenvalue weighted by Gasteiger charge is -2.13. The molecule has 2 aromatic rings. The minimum absolute atomic E-state index is 0.174. The van der Waals surface area contributed by atoms with Gasteiger partial charge in [0.2, 0.25) is 0 Å². The van der Waals surface area contributed by atoms with E-state index in [0.717, 1.165) is 22.1 Å². The zero-order valence-electron chi connectivity index (χ0n) is 13.8. The molecule has 0 unspecified atom stereocenters. The number of carbonyl (C=O) groups excluding carboxylic acids is 1. The molecule has 0 atom stereocenters. The highest BCUT2D eigenvalue weighted by Gasteiger charge is 2.15. The molecular formula is C19H22BrNO2. The topological polar surface area (TPSA) is 38.3 Å². The molecule has 0 radical (unpaired) electrons. The van der Waals surface area contributed by atoms with Gasteiger partial charge >= 0.3 is 0 Å². The summed E-state index contributed by atoms with van der Waals surface area (Å²) in [6.07, 6.45) is 3.43. The predicted octanol–water partition coefficient (Wildman–Crippen LogP) is 5.36. The first kappa shape index (κ1) is 17.5. The second-order valence-electron chi connectivity index (χ2n) is 5.56. The van der Waals surface area contributed by atoms with Crippen molar-refractivity contribution in [2.45, 2.75) is 33.1 Å². The minimum atomic E-state index is -0.174. The molecule has 0 saturated carbocycles. The fraction of sp³-hybridized carbons (Fsp3) is 0.316. The van der Waals surface area contributed by atoms with Crippen LogP contribution < -0.4 is 10.1 Å². The van der Waals surface area contributed by atoms with Gasteiger partial charge in [-0.05, 0) is 55.2 Å². The Labute approximate surface area is 146 Å². The Bertz CT molecular complexity index is 681. The van der Waals surface area contributed by atoms with Crippen LogP contribution in [0.4, 0.5) is 5.69 Å². The lowest BCUT2D eigenvalue weighted by Crippen LogP contribution is -2.14. The van der Waals surface area contributed by atoms with E-state index in [-0.39, 0.29) is 5.91 Å². The van der Waals surface area contributed by atoms with Gasteiger partial charge in [0.05, 0.1) is 12.7 Å². The van der Waals surface area contributed by atoms with Crippen LogP contribution in [0, 0.1) is 6.92 Å². The first-order chi connectivity index (χ1) is 11.0. The van der Waals surface area contributed by atoms with Crippen LogP contribution in [0.5, 0.6) is 5.75 Å². The Morgan fingerprint density at radius 1 is 1.22 bits per heavy atom. The SMILES string of the molecule is CCCCc1ccc(NC(=O)c2cc(Br)cc(C)c2OC)cc1. The van der Waals surface area contributed by atoms with Crippen molar-refractivity contribution in [2.75, 3.05) is 12.4 Å². The zero-order valence-corrected chi connectivity index (χ0v) is 15.4. The molecule has 23 heavy (non-hydrogen) atoms. The van der Waals surface area contributed by atoms with Gasteiger partial charge in [-0.25, -0.2) is 0 Å². The highest BCUT2D eigenvalue weighted by molar-refractivity contribution is 9.10. The molecule has 0 aliphatic heterocycles. The zero-order chi connectivity index (χ0) is 16.8. The number of anilines is 1. The molecule has 122 valence electrons. The molecule has 0 heterocycles. The van der Waals surface area contributed by atoms with Crippen LogP contribution >= 0.6 is 15.9 Å². The number of rotatable bonds is 6. The van der Waals surface area contributed by atoms with Gasteiger partial charge in [0.25, 0.3) is 5.91 Å². The van der Waals surface area contributed by atoms with Gasteiger partial charge in [0.15, 0.2) is 0 Å². The Kier molecular flexibility index (Phi) is 6.22. The lowest BCUT2D eigenvalue weighted by atomic mass is 10.1. The molecule has 2 rings (SSSR count). The average molecular weight is 376 g/mol. The smallest absolute Gasteiger partial charge is 0.259 e. The molecule has 1 amide bonds. The number of methoxy groups -OCH3 is 1. The molecule has 4 heteroatoms. The lowest BCUT2D eigenvalue weighted by molar-refractivity contribution is 0.102. The molecule has 0 spiro atoms. The summed E-state index contributed by atoms with van der Waals surface area (Å²) in [4.78, 5) is 12.5. The molecule has 0 aliphatic carbocycles. The second kappa shape index (κ2) is 8.16. The van der Waals surface area contributed by atoms with Gasteiger partial charge < -0.3 is 10.1 Å². The van der Waals surface area contributed by atoms with Crippen LogP contribution in [0.3, 0.4) is 0 Å². The summed E-state index contributed by atoms with van der Waals surface area (Å²) < 4.78 is 6.23. The molecule has 0 saturated heterocycles. The Hall–Kier alpha value is -1.81. The van der Waals surface area contributed by atoms with E-state index in [4.69, 9.17) is 4.74 Å². The third kappa shape index (κ3) is 4.58. The number of nitrogens with one attached hydrogen (secondary N) is 1. The number of carbonyl (C=O) groups is 1. The summed E-state index contributed by atoms with van der Waals surface area (Å²) in [5, 5.41) is 2.93. The highest BCUT2D eigenvalue weighted by Crippen LogP contribution is 2.28. The van der Waals surface area contributed by atoms with E-state index < -0.39 is 0 Å². The summed E-state index contributed by atoms with van der Waals surface area (Å²) in [7, 11) is 1.58. The van der Waals surface area contributed by atoms with Gasteiger partial charge in [-0.3, -0.25) is 4.79 Å². The Balaban J connectivity index is 2.16. The monoisotopic (exact) mass is 375 g/mol. The third-order valence-corrected chi connectivity index (χ3v) is 4.18. The molecule has 3 nitrogen and oxygen atoms in total. The van der Waals surface area contributed by atoms with Crippen molar-refractivity contribution in [3.05, 3.63) is 57.6 Å². The maximum atomic E-state index is 12.5. The molecule has 1 N–H and O–H groups in total. The standard InChI is InChI=1S/C19H22BrNO2/c1-4-5-6-14-7-9-16(10-8-14)21-19(22)17-12-15(20)11-13(2)18(17)23-3/h7-12H,4-6H2,1-3H3,(H,21,22). The number of aryl methyl sites for hydroxylation is 2. The van der Waals surface area contributed by atoms with Crippen molar-refractivity contribution in [3.63, 3.8) is 0 Å². The molecular weight excluding hydrogens is 354 g/mol. The predicted molar refractivity (Wildman–Crippen MR) is 98.4 cm³/mol. The number of halogens is 1. The largest absolute Gasteiger partial charge is 0.496 e. The van der Waals surface area contributed by atoms with Gasteiger partial charge in [0, 0.05) is 10.2 Å². The van der Waals surface area contributed by atoms with E-state index in [9.17, 15) is 4.79 Å². The maximum absolute atomic E-state index is 12.5. The number of hydrogen-bond donors (Lipinski definition) is 1. The van der Waals surface area contributed by atoms with Crippen molar-refractivity contribution in [2.24, 2.45) is 0 Å². The van der Waals surface area contributed by atoms with Crippen LogP contribution in [-0.4, -0.2) is 13.0 Å². The number of unbranched alkanes of at least 4 members (excludes halogenated alkanes) is 1. The van der Waals surface area contributed by atoms with Crippen LogP contribution in [0.15, 0.2) is 40.9 Å². The quantitative estimate of drug-likeness (QED) is 0.737. The summed E-state index contributed by atoms with van der Waals surface area (Å²) in [6, 6.07) is 11.7. The fourth-order valence-corrected chi connectivity index (χ4v) is 3.08. The van der Waals surface area contributed by atoms with Crippen molar-refractivity contribution in [1.82, 2.24) is 0 Å². The average Bonchev–Trinajstić information content (AvgIpc) is 2.53. The van der Waals surface area contributed by atoms with Crippen molar-refractivity contribution >= 4 is 27.5 Å². The number of amides is 1. The normalized spacial score (nSPS) is 10.4. The van der Waals surface area contributed by atoms with E-state index in [2.05, 4.69) is 40.3 Å².